The van der Waals surface area contributed by atoms with Crippen molar-refractivity contribution in [3.8, 4) is 0 Å². The van der Waals surface area contributed by atoms with Gasteiger partial charge in [-0.05, 0) is 0 Å². The molecule has 1 heterocycles. The maximum Gasteiger partial charge on any atom is 0.434 e. The Morgan fingerprint density at radius 1 is 1.55 bits per heavy atom. The minimum Gasteiger partial charge on any atom is -0.225 e. The SMILES string of the molecule is [CH2]Sc1nc(C(F)(F)F)cs1. The molecule has 0 aliphatic carbocycles. The molecule has 0 fully saturated rings. The summed E-state index contributed by atoms with van der Waals surface area (Å²) in [7, 11) is 0. The Morgan fingerprint density at radius 2 is 2.18 bits per heavy atom. The number of nitrogens with zero attached hydrogens (tertiary/aromatic N) is 1. The van der Waals surface area contributed by atoms with Crippen LogP contribution >= 0.6 is 23.1 Å². The van der Waals surface area contributed by atoms with Gasteiger partial charge >= 0.3 is 6.18 Å². The molecule has 6 heteroatoms. The summed E-state index contributed by atoms with van der Waals surface area (Å²) in [5.41, 5.74) is -0.839. The van der Waals surface area contributed by atoms with Crippen molar-refractivity contribution in [1.29, 1.82) is 0 Å². The predicted molar refractivity (Wildman–Crippen MR) is 38.3 cm³/mol. The van der Waals surface area contributed by atoms with Crippen LogP contribution in [0.3, 0.4) is 0 Å². The van der Waals surface area contributed by atoms with Crippen LogP contribution in [0.25, 0.3) is 0 Å². The Morgan fingerprint density at radius 3 is 2.45 bits per heavy atom. The van der Waals surface area contributed by atoms with E-state index >= 15 is 0 Å². The number of hydrogen-bond acceptors (Lipinski definition) is 3. The van der Waals surface area contributed by atoms with Gasteiger partial charge in [0.25, 0.3) is 0 Å². The highest BCUT2D eigenvalue weighted by Crippen LogP contribution is 2.32. The molecule has 0 aromatic carbocycles. The van der Waals surface area contributed by atoms with E-state index < -0.39 is 11.9 Å². The summed E-state index contributed by atoms with van der Waals surface area (Å²) in [6.45, 7) is 0. The highest BCUT2D eigenvalue weighted by molar-refractivity contribution is 8.02. The molecule has 0 amide bonds. The molecule has 1 radical (unpaired) electrons. The van der Waals surface area contributed by atoms with Crippen LogP contribution in [0.5, 0.6) is 0 Å². The zero-order chi connectivity index (χ0) is 8.48. The lowest BCUT2D eigenvalue weighted by Gasteiger charge is -1.98. The number of aromatic nitrogens is 1. The fourth-order valence-corrected chi connectivity index (χ4v) is 1.58. The summed E-state index contributed by atoms with van der Waals surface area (Å²) in [6.07, 6.45) is -0.980. The smallest absolute Gasteiger partial charge is 0.225 e. The van der Waals surface area contributed by atoms with E-state index in [4.69, 9.17) is 0 Å². The van der Waals surface area contributed by atoms with Crippen molar-refractivity contribution in [2.24, 2.45) is 0 Å². The third-order valence-electron chi connectivity index (χ3n) is 0.897. The minimum atomic E-state index is -4.33. The molecule has 0 unspecified atom stereocenters. The molecule has 0 saturated heterocycles. The largest absolute Gasteiger partial charge is 0.434 e. The van der Waals surface area contributed by atoms with Crippen molar-refractivity contribution in [2.45, 2.75) is 10.5 Å². The molecule has 1 aromatic rings. The first-order valence-electron chi connectivity index (χ1n) is 2.49. The normalized spacial score (nSPS) is 12.0. The molecule has 1 rings (SSSR count). The molecule has 1 nitrogen and oxygen atoms in total. The molecular weight excluding hydrogens is 195 g/mol. The summed E-state index contributed by atoms with van der Waals surface area (Å²) in [5, 5.41) is 0.980. The molecule has 0 bridgehead atoms. The molecule has 61 valence electrons. The van der Waals surface area contributed by atoms with Gasteiger partial charge in [0.05, 0.1) is 0 Å². The lowest BCUT2D eigenvalue weighted by Crippen LogP contribution is -2.04. The standard InChI is InChI=1S/C5H3F3NS2/c1-10-4-9-3(2-11-4)5(6,7)8/h2H,1H2. The van der Waals surface area contributed by atoms with Crippen LogP contribution in [0.15, 0.2) is 9.72 Å². The van der Waals surface area contributed by atoms with Crippen LogP contribution in [0.1, 0.15) is 5.69 Å². The van der Waals surface area contributed by atoms with E-state index in [2.05, 4.69) is 11.2 Å². The first-order valence-corrected chi connectivity index (χ1v) is 4.35. The van der Waals surface area contributed by atoms with Crippen LogP contribution in [0.4, 0.5) is 13.2 Å². The lowest BCUT2D eigenvalue weighted by molar-refractivity contribution is -0.141. The first-order chi connectivity index (χ1) is 5.04. The van der Waals surface area contributed by atoms with Gasteiger partial charge in [0.1, 0.15) is 0 Å². The highest BCUT2D eigenvalue weighted by Gasteiger charge is 2.33. The van der Waals surface area contributed by atoms with E-state index in [1.165, 1.54) is 0 Å². The molecule has 0 aliphatic heterocycles. The Kier molecular flexibility index (Phi) is 2.43. The van der Waals surface area contributed by atoms with Gasteiger partial charge in [0.15, 0.2) is 10.0 Å². The van der Waals surface area contributed by atoms with Crippen LogP contribution in [-0.2, 0) is 6.18 Å². The quantitative estimate of drug-likeness (QED) is 0.643. The van der Waals surface area contributed by atoms with E-state index in [-0.39, 0.29) is 0 Å². The second kappa shape index (κ2) is 3.02. The molecule has 0 N–H and O–H groups in total. The Bertz CT molecular complexity index is 242. The zero-order valence-electron chi connectivity index (χ0n) is 5.18. The average Bonchev–Trinajstić information content (AvgIpc) is 2.32. The first kappa shape index (κ1) is 8.86. The molecular formula is C5H3F3NS2. The van der Waals surface area contributed by atoms with Crippen molar-refractivity contribution in [2.75, 3.05) is 0 Å². The van der Waals surface area contributed by atoms with Gasteiger partial charge in [-0.3, -0.25) is 0 Å². The average molecular weight is 198 g/mol. The van der Waals surface area contributed by atoms with Gasteiger partial charge in [-0.15, -0.1) is 11.3 Å². The van der Waals surface area contributed by atoms with E-state index in [9.17, 15) is 13.2 Å². The molecule has 11 heavy (non-hydrogen) atoms. The van der Waals surface area contributed by atoms with Gasteiger partial charge in [-0.2, -0.15) is 13.2 Å². The second-order valence-electron chi connectivity index (χ2n) is 1.64. The van der Waals surface area contributed by atoms with Crippen molar-refractivity contribution >= 4 is 23.1 Å². The van der Waals surface area contributed by atoms with Crippen LogP contribution in [0.2, 0.25) is 0 Å². The third kappa shape index (κ3) is 2.10. The van der Waals surface area contributed by atoms with Gasteiger partial charge < -0.3 is 0 Å². The van der Waals surface area contributed by atoms with E-state index in [0.29, 0.717) is 4.34 Å². The molecule has 0 atom stereocenters. The summed E-state index contributed by atoms with van der Waals surface area (Å²) < 4.78 is 35.9. The molecule has 0 saturated carbocycles. The Labute approximate surface area is 69.6 Å². The summed E-state index contributed by atoms with van der Waals surface area (Å²) >= 11 is 1.91. The number of thiazole rings is 1. The number of rotatable bonds is 1. The zero-order valence-corrected chi connectivity index (χ0v) is 6.82. The van der Waals surface area contributed by atoms with Crippen LogP contribution in [0, 0.1) is 6.26 Å². The van der Waals surface area contributed by atoms with Crippen molar-refractivity contribution < 1.29 is 13.2 Å². The van der Waals surface area contributed by atoms with Crippen molar-refractivity contribution in [3.05, 3.63) is 17.3 Å². The van der Waals surface area contributed by atoms with Gasteiger partial charge in [-0.25, -0.2) is 4.98 Å². The van der Waals surface area contributed by atoms with E-state index in [1.54, 1.807) is 0 Å². The van der Waals surface area contributed by atoms with Gasteiger partial charge in [0.2, 0.25) is 0 Å². The number of thioether (sulfide) groups is 1. The van der Waals surface area contributed by atoms with Crippen molar-refractivity contribution in [3.63, 3.8) is 0 Å². The summed E-state index contributed by atoms with van der Waals surface area (Å²) in [4.78, 5) is 3.29. The fraction of sp³-hybridized carbons (Fsp3) is 0.200. The van der Waals surface area contributed by atoms with E-state index in [0.717, 1.165) is 28.5 Å². The van der Waals surface area contributed by atoms with Gasteiger partial charge in [-0.1, -0.05) is 11.8 Å². The monoisotopic (exact) mass is 198 g/mol. The topological polar surface area (TPSA) is 12.9 Å². The fourth-order valence-electron chi connectivity index (χ4n) is 0.454. The Hall–Kier alpha value is -0.230. The lowest BCUT2D eigenvalue weighted by atomic mass is 10.5. The number of hydrogen-bond donors (Lipinski definition) is 0. The van der Waals surface area contributed by atoms with Crippen LogP contribution < -0.4 is 0 Å². The number of alkyl halides is 3. The summed E-state index contributed by atoms with van der Waals surface area (Å²) in [5.74, 6) is 0. The highest BCUT2D eigenvalue weighted by atomic mass is 32.2. The van der Waals surface area contributed by atoms with Crippen LogP contribution in [-0.4, -0.2) is 4.98 Å². The Balaban J connectivity index is 2.89. The summed E-state index contributed by atoms with van der Waals surface area (Å²) in [6, 6.07) is 0. The maximum atomic E-state index is 11.9. The van der Waals surface area contributed by atoms with E-state index in [1.807, 2.05) is 0 Å². The molecule has 0 aliphatic rings. The predicted octanol–water partition coefficient (Wildman–Crippen LogP) is 3.05. The molecule has 0 spiro atoms. The third-order valence-corrected chi connectivity index (χ3v) is 2.51. The van der Waals surface area contributed by atoms with Crippen molar-refractivity contribution in [1.82, 2.24) is 4.98 Å². The second-order valence-corrected chi connectivity index (χ2v) is 3.43. The maximum absolute atomic E-state index is 11.9. The number of halogens is 3. The van der Waals surface area contributed by atoms with Gasteiger partial charge in [0, 0.05) is 11.6 Å². The minimum absolute atomic E-state index is 0.331. The molecule has 1 aromatic heterocycles.